The average molecular weight is 524 g/mol. The van der Waals surface area contributed by atoms with Crippen LogP contribution in [-0.4, -0.2) is 71.5 Å². The Morgan fingerprint density at radius 1 is 1.14 bits per heavy atom. The number of aromatic nitrogens is 1. The van der Waals surface area contributed by atoms with Gasteiger partial charge in [0.15, 0.2) is 0 Å². The molecule has 1 unspecified atom stereocenters. The highest BCUT2D eigenvalue weighted by atomic mass is 32.1. The van der Waals surface area contributed by atoms with Crippen LogP contribution in [0.5, 0.6) is 5.75 Å². The summed E-state index contributed by atoms with van der Waals surface area (Å²) in [5, 5.41) is 9.88. The Bertz CT molecular complexity index is 1080. The molecule has 3 saturated heterocycles. The number of thiazole rings is 1. The summed E-state index contributed by atoms with van der Waals surface area (Å²) in [6, 6.07) is 6.88. The topological polar surface area (TPSA) is 69.7 Å². The third kappa shape index (κ3) is 5.81. The van der Waals surface area contributed by atoms with Gasteiger partial charge in [0, 0.05) is 54.8 Å². The first-order chi connectivity index (χ1) is 18.1. The van der Waals surface area contributed by atoms with E-state index in [-0.39, 0.29) is 18.0 Å². The number of piperidine rings is 3. The molecule has 0 spiro atoms. The van der Waals surface area contributed by atoms with Gasteiger partial charge in [0.2, 0.25) is 5.91 Å². The molecule has 37 heavy (non-hydrogen) atoms. The minimum absolute atomic E-state index is 0.112. The average Bonchev–Trinajstić information content (AvgIpc) is 3.55. The van der Waals surface area contributed by atoms with Crippen molar-refractivity contribution in [3.8, 4) is 5.75 Å². The number of amides is 1. The Balaban J connectivity index is 0.972. The standard InChI is InChI=1S/C29H41N5O2S/c1-20-30-23(19-37-20)18-36-28-9-4-7-25-24(28)16-26(32-25)29(35)31-22-10-14-33(15-11-22)17-21-6-5-13-34-12-3-2-8-27(21)34/h4,7,9,19,21-22,26-27,32H,2-3,5-6,8,10-18H2,1H3,(H,31,35)/t21-,26?,27+/m0/s1. The molecule has 0 saturated carbocycles. The number of carbonyl (C=O) groups is 1. The van der Waals surface area contributed by atoms with Crippen molar-refractivity contribution in [1.29, 1.82) is 0 Å². The van der Waals surface area contributed by atoms with Crippen LogP contribution in [0.2, 0.25) is 0 Å². The van der Waals surface area contributed by atoms with Crippen LogP contribution in [0, 0.1) is 12.8 Å². The number of ether oxygens (including phenoxy) is 1. The number of anilines is 1. The van der Waals surface area contributed by atoms with Crippen LogP contribution >= 0.6 is 11.3 Å². The zero-order valence-electron chi connectivity index (χ0n) is 22.1. The van der Waals surface area contributed by atoms with Crippen molar-refractivity contribution in [3.63, 3.8) is 0 Å². The Kier molecular flexibility index (Phi) is 7.67. The molecule has 200 valence electrons. The van der Waals surface area contributed by atoms with Gasteiger partial charge in [-0.2, -0.15) is 0 Å². The highest BCUT2D eigenvalue weighted by molar-refractivity contribution is 7.09. The SMILES string of the molecule is Cc1nc(COc2cccc3c2CC(C(=O)NC2CCN(C[C@@H]4CCCN5CCCC[C@H]45)CC2)N3)cs1. The Morgan fingerprint density at radius 3 is 2.84 bits per heavy atom. The second-order valence-corrected chi connectivity index (χ2v) is 12.5. The second-order valence-electron chi connectivity index (χ2n) is 11.4. The van der Waals surface area contributed by atoms with E-state index in [1.165, 1.54) is 51.7 Å². The summed E-state index contributed by atoms with van der Waals surface area (Å²) in [4.78, 5) is 23.1. The van der Waals surface area contributed by atoms with Gasteiger partial charge in [-0.15, -0.1) is 11.3 Å². The van der Waals surface area contributed by atoms with Crippen molar-refractivity contribution < 1.29 is 9.53 Å². The number of hydrogen-bond donors (Lipinski definition) is 2. The van der Waals surface area contributed by atoms with Crippen LogP contribution in [0.1, 0.15) is 61.2 Å². The first-order valence-electron chi connectivity index (χ1n) is 14.3. The molecular weight excluding hydrogens is 482 g/mol. The number of likely N-dealkylation sites (tertiary alicyclic amines) is 1. The van der Waals surface area contributed by atoms with Gasteiger partial charge in [0.05, 0.1) is 10.7 Å². The fourth-order valence-electron chi connectivity index (χ4n) is 6.96. The number of benzene rings is 1. The molecule has 7 nitrogen and oxygen atoms in total. The van der Waals surface area contributed by atoms with E-state index in [1.807, 2.05) is 30.5 Å². The minimum Gasteiger partial charge on any atom is -0.487 e. The summed E-state index contributed by atoms with van der Waals surface area (Å²) in [6.45, 7) is 8.52. The predicted molar refractivity (Wildman–Crippen MR) is 148 cm³/mol. The lowest BCUT2D eigenvalue weighted by Gasteiger charge is -2.46. The molecule has 0 aliphatic carbocycles. The Labute approximate surface area is 225 Å². The molecule has 1 aromatic heterocycles. The Hall–Kier alpha value is -2.16. The van der Waals surface area contributed by atoms with Crippen LogP contribution in [0.25, 0.3) is 0 Å². The molecule has 8 heteroatoms. The van der Waals surface area contributed by atoms with Gasteiger partial charge < -0.3 is 25.2 Å². The van der Waals surface area contributed by atoms with Gasteiger partial charge in [-0.05, 0) is 76.6 Å². The molecule has 5 heterocycles. The number of hydrogen-bond acceptors (Lipinski definition) is 7. The van der Waals surface area contributed by atoms with Crippen molar-refractivity contribution in [1.82, 2.24) is 20.1 Å². The highest BCUT2D eigenvalue weighted by Crippen LogP contribution is 2.35. The zero-order chi connectivity index (χ0) is 25.2. The van der Waals surface area contributed by atoms with Crippen molar-refractivity contribution in [2.24, 2.45) is 5.92 Å². The van der Waals surface area contributed by atoms with Gasteiger partial charge in [-0.3, -0.25) is 4.79 Å². The van der Waals surface area contributed by atoms with E-state index >= 15 is 0 Å². The van der Waals surface area contributed by atoms with E-state index in [0.29, 0.717) is 13.0 Å². The fourth-order valence-corrected chi connectivity index (χ4v) is 7.55. The molecule has 2 aromatic rings. The van der Waals surface area contributed by atoms with Crippen LogP contribution < -0.4 is 15.4 Å². The minimum atomic E-state index is -0.237. The molecule has 3 fully saturated rings. The summed E-state index contributed by atoms with van der Waals surface area (Å²) in [5.41, 5.74) is 3.05. The number of nitrogens with one attached hydrogen (secondary N) is 2. The van der Waals surface area contributed by atoms with E-state index in [1.54, 1.807) is 11.3 Å². The first kappa shape index (κ1) is 25.1. The lowest BCUT2D eigenvalue weighted by molar-refractivity contribution is -0.122. The van der Waals surface area contributed by atoms with E-state index in [9.17, 15) is 4.79 Å². The van der Waals surface area contributed by atoms with Crippen molar-refractivity contribution >= 4 is 22.9 Å². The van der Waals surface area contributed by atoms with E-state index in [0.717, 1.165) is 65.6 Å². The normalized spacial score (nSPS) is 26.8. The molecule has 4 aliphatic rings. The summed E-state index contributed by atoms with van der Waals surface area (Å²) in [6.07, 6.45) is 9.70. The smallest absolute Gasteiger partial charge is 0.243 e. The maximum atomic E-state index is 13.2. The van der Waals surface area contributed by atoms with Gasteiger partial charge in [0.1, 0.15) is 18.4 Å². The molecule has 3 atom stereocenters. The molecule has 2 N–H and O–H groups in total. The summed E-state index contributed by atoms with van der Waals surface area (Å²) in [7, 11) is 0. The van der Waals surface area contributed by atoms with Gasteiger partial charge in [-0.25, -0.2) is 4.98 Å². The molecule has 4 aliphatic heterocycles. The number of rotatable bonds is 7. The van der Waals surface area contributed by atoms with Gasteiger partial charge >= 0.3 is 0 Å². The molecule has 1 amide bonds. The number of nitrogens with zero attached hydrogens (tertiary/aromatic N) is 3. The maximum Gasteiger partial charge on any atom is 0.243 e. The molecule has 6 rings (SSSR count). The first-order valence-corrected chi connectivity index (χ1v) is 15.2. The predicted octanol–water partition coefficient (Wildman–Crippen LogP) is 4.21. The lowest BCUT2D eigenvalue weighted by Crippen LogP contribution is -2.53. The van der Waals surface area contributed by atoms with Crippen molar-refractivity contribution in [3.05, 3.63) is 39.8 Å². The molecule has 0 bridgehead atoms. The summed E-state index contributed by atoms with van der Waals surface area (Å²) in [5.74, 6) is 1.79. The highest BCUT2D eigenvalue weighted by Gasteiger charge is 2.35. The van der Waals surface area contributed by atoms with E-state index in [4.69, 9.17) is 4.74 Å². The lowest BCUT2D eigenvalue weighted by atomic mass is 9.83. The van der Waals surface area contributed by atoms with Crippen molar-refractivity contribution in [2.75, 3.05) is 38.0 Å². The Morgan fingerprint density at radius 2 is 2.00 bits per heavy atom. The van der Waals surface area contributed by atoms with Crippen LogP contribution in [0.4, 0.5) is 5.69 Å². The second kappa shape index (κ2) is 11.3. The van der Waals surface area contributed by atoms with Crippen LogP contribution in [0.15, 0.2) is 23.6 Å². The van der Waals surface area contributed by atoms with Gasteiger partial charge in [-0.1, -0.05) is 12.5 Å². The third-order valence-corrected chi connectivity index (χ3v) is 9.71. The number of fused-ring (bicyclic) bond motifs is 2. The largest absolute Gasteiger partial charge is 0.487 e. The van der Waals surface area contributed by atoms with E-state index < -0.39 is 0 Å². The zero-order valence-corrected chi connectivity index (χ0v) is 22.9. The van der Waals surface area contributed by atoms with Crippen LogP contribution in [0.3, 0.4) is 0 Å². The third-order valence-electron chi connectivity index (χ3n) is 8.88. The number of carbonyl (C=O) groups excluding carboxylic acids is 1. The molecule has 0 radical (unpaired) electrons. The van der Waals surface area contributed by atoms with Crippen molar-refractivity contribution in [2.45, 2.75) is 83.0 Å². The monoisotopic (exact) mass is 523 g/mol. The van der Waals surface area contributed by atoms with Gasteiger partial charge in [0.25, 0.3) is 0 Å². The summed E-state index contributed by atoms with van der Waals surface area (Å²) >= 11 is 1.64. The maximum absolute atomic E-state index is 13.2. The molecule has 1 aromatic carbocycles. The summed E-state index contributed by atoms with van der Waals surface area (Å²) < 4.78 is 6.10. The quantitative estimate of drug-likeness (QED) is 0.567. The van der Waals surface area contributed by atoms with Crippen LogP contribution in [-0.2, 0) is 17.8 Å². The number of aryl methyl sites for hydroxylation is 1. The fraction of sp³-hybridized carbons (Fsp3) is 0.655. The molecular formula is C29H41N5O2S. The van der Waals surface area contributed by atoms with E-state index in [2.05, 4.69) is 25.4 Å².